The Morgan fingerprint density at radius 3 is 2.35 bits per heavy atom. The van der Waals surface area contributed by atoms with Gasteiger partial charge < -0.3 is 9.47 Å². The van der Waals surface area contributed by atoms with E-state index < -0.39 is 10.1 Å². The smallest absolute Gasteiger partial charge is 0.297 e. The highest BCUT2D eigenvalue weighted by Crippen LogP contribution is 2.71. The van der Waals surface area contributed by atoms with E-state index in [0.29, 0.717) is 35.2 Å². The molecule has 6 heteroatoms. The van der Waals surface area contributed by atoms with Gasteiger partial charge in [-0.3, -0.25) is 4.18 Å². The second-order valence-corrected chi connectivity index (χ2v) is 17.0. The van der Waals surface area contributed by atoms with Crippen LogP contribution in [0.15, 0.2) is 29.2 Å². The van der Waals surface area contributed by atoms with Crippen molar-refractivity contribution >= 4 is 10.1 Å². The molecule has 0 N–H and O–H groups in total. The number of hydrogen-bond donors (Lipinski definition) is 0. The first-order chi connectivity index (χ1) is 19.0. The summed E-state index contributed by atoms with van der Waals surface area (Å²) >= 11 is 0. The largest absolute Gasteiger partial charge is 0.349 e. The lowest BCUT2D eigenvalue weighted by Gasteiger charge is -2.61. The monoisotopic (exact) mass is 570 g/mol. The molecule has 4 aliphatic carbocycles. The Morgan fingerprint density at radius 2 is 1.62 bits per heavy atom. The Bertz CT molecular complexity index is 1220. The van der Waals surface area contributed by atoms with Gasteiger partial charge in [-0.25, -0.2) is 0 Å². The zero-order chi connectivity index (χ0) is 28.1. The predicted molar refractivity (Wildman–Crippen MR) is 155 cm³/mol. The number of aryl methyl sites for hydroxylation is 1. The molecule has 7 rings (SSSR count). The van der Waals surface area contributed by atoms with E-state index in [1.54, 1.807) is 12.1 Å². The van der Waals surface area contributed by atoms with E-state index in [2.05, 4.69) is 27.7 Å². The first-order valence-corrected chi connectivity index (χ1v) is 17.7. The molecular formula is C34H50O5S. The second kappa shape index (κ2) is 9.53. The summed E-state index contributed by atoms with van der Waals surface area (Å²) < 4.78 is 45.4. The third kappa shape index (κ3) is 4.12. The molecule has 1 spiro atoms. The van der Waals surface area contributed by atoms with Crippen molar-refractivity contribution in [3.8, 4) is 0 Å². The fraction of sp³-hybridized carbons (Fsp3) is 0.824. The molecule has 222 valence electrons. The van der Waals surface area contributed by atoms with Gasteiger partial charge in [0.05, 0.1) is 23.7 Å². The molecule has 1 aromatic rings. The van der Waals surface area contributed by atoms with Crippen molar-refractivity contribution < 1.29 is 22.1 Å². The molecule has 12 atom stereocenters. The van der Waals surface area contributed by atoms with E-state index in [1.165, 1.54) is 38.5 Å². The zero-order valence-corrected chi connectivity index (χ0v) is 26.0. The summed E-state index contributed by atoms with van der Waals surface area (Å²) in [5.74, 6) is 4.14. The number of fused-ring (bicyclic) bond motifs is 7. The Kier molecular flexibility index (Phi) is 6.63. The number of hydrogen-bond acceptors (Lipinski definition) is 5. The lowest BCUT2D eigenvalue weighted by Crippen LogP contribution is -2.55. The molecular weight excluding hydrogens is 520 g/mol. The Hall–Kier alpha value is -0.950. The number of rotatable bonds is 3. The summed E-state index contributed by atoms with van der Waals surface area (Å²) in [4.78, 5) is 0.278. The number of ether oxygens (including phenoxy) is 2. The Morgan fingerprint density at radius 1 is 0.875 bits per heavy atom. The molecule has 2 saturated heterocycles. The number of benzene rings is 1. The second-order valence-electron chi connectivity index (χ2n) is 15.4. The van der Waals surface area contributed by atoms with Crippen LogP contribution < -0.4 is 0 Å². The third-order valence-corrected chi connectivity index (χ3v) is 14.8. The van der Waals surface area contributed by atoms with Crippen molar-refractivity contribution in [3.63, 3.8) is 0 Å². The van der Waals surface area contributed by atoms with Crippen molar-refractivity contribution in [2.45, 2.75) is 122 Å². The highest BCUT2D eigenvalue weighted by atomic mass is 32.2. The van der Waals surface area contributed by atoms with Gasteiger partial charge in [-0.05, 0) is 123 Å². The standard InChI is InChI=1S/C34H50O5S/c1-21-6-9-26(10-7-21)40(35,36)39-25-13-15-32(4)24(18-25)8-11-27-28(32)14-16-33(5)29(27)19-30-31(33)23(3)34(38-30)17-12-22(2)20-37-34/h6-7,9-10,22-25,27-31H,8,11-20H2,1-5H3. The minimum atomic E-state index is -3.73. The summed E-state index contributed by atoms with van der Waals surface area (Å²) in [6, 6.07) is 7.04. The predicted octanol–water partition coefficient (Wildman–Crippen LogP) is 7.52. The van der Waals surface area contributed by atoms with Crippen LogP contribution in [0.1, 0.15) is 97.5 Å². The quantitative estimate of drug-likeness (QED) is 0.352. The Balaban J connectivity index is 1.05. The lowest BCUT2D eigenvalue weighted by molar-refractivity contribution is -0.273. The molecule has 40 heavy (non-hydrogen) atoms. The molecule has 1 aromatic carbocycles. The fourth-order valence-electron chi connectivity index (χ4n) is 11.3. The molecule has 0 aromatic heterocycles. The topological polar surface area (TPSA) is 61.8 Å². The van der Waals surface area contributed by atoms with Gasteiger partial charge >= 0.3 is 0 Å². The molecule has 0 bridgehead atoms. The zero-order valence-electron chi connectivity index (χ0n) is 25.2. The maximum absolute atomic E-state index is 13.0. The minimum absolute atomic E-state index is 0.204. The average Bonchev–Trinajstić information content (AvgIpc) is 3.36. The van der Waals surface area contributed by atoms with Crippen LogP contribution in [-0.4, -0.2) is 33.0 Å². The van der Waals surface area contributed by atoms with Crippen molar-refractivity contribution in [1.82, 2.24) is 0 Å². The Labute approximate surface area is 242 Å². The molecule has 6 aliphatic rings. The maximum atomic E-state index is 13.0. The highest BCUT2D eigenvalue weighted by molar-refractivity contribution is 7.86. The van der Waals surface area contributed by atoms with Gasteiger partial charge in [0, 0.05) is 12.3 Å². The first-order valence-electron chi connectivity index (χ1n) is 16.3. The van der Waals surface area contributed by atoms with Gasteiger partial charge in [0.25, 0.3) is 10.1 Å². The van der Waals surface area contributed by atoms with Crippen molar-refractivity contribution in [2.75, 3.05) is 6.61 Å². The van der Waals surface area contributed by atoms with Crippen LogP contribution in [-0.2, 0) is 23.8 Å². The molecule has 2 aliphatic heterocycles. The molecule has 4 saturated carbocycles. The van der Waals surface area contributed by atoms with Crippen LogP contribution in [0.2, 0.25) is 0 Å². The van der Waals surface area contributed by atoms with Crippen LogP contribution in [0.3, 0.4) is 0 Å². The van der Waals surface area contributed by atoms with Gasteiger partial charge in [0.15, 0.2) is 5.79 Å². The van der Waals surface area contributed by atoms with Gasteiger partial charge in [0.2, 0.25) is 0 Å². The minimum Gasteiger partial charge on any atom is -0.349 e. The maximum Gasteiger partial charge on any atom is 0.297 e. The normalized spacial score (nSPS) is 50.2. The highest BCUT2D eigenvalue weighted by Gasteiger charge is 2.69. The van der Waals surface area contributed by atoms with Crippen molar-refractivity contribution in [2.24, 2.45) is 52.3 Å². The summed E-state index contributed by atoms with van der Waals surface area (Å²) in [6.07, 6.45) is 11.5. The summed E-state index contributed by atoms with van der Waals surface area (Å²) in [5.41, 5.74) is 1.68. The fourth-order valence-corrected chi connectivity index (χ4v) is 12.4. The molecule has 2 heterocycles. The molecule has 5 nitrogen and oxygen atoms in total. The molecule has 0 amide bonds. The SMILES string of the molecule is Cc1ccc(S(=O)(=O)OC2CCC3(C)C(CCC4C3CCC3(C)C4CC4OC5(CCC(C)CO5)C(C)C43)C2)cc1. The lowest BCUT2D eigenvalue weighted by atomic mass is 9.44. The van der Waals surface area contributed by atoms with E-state index in [1.807, 2.05) is 19.1 Å². The summed E-state index contributed by atoms with van der Waals surface area (Å²) in [7, 11) is -3.73. The van der Waals surface area contributed by atoms with Crippen LogP contribution in [0.4, 0.5) is 0 Å². The molecule has 12 unspecified atom stereocenters. The van der Waals surface area contributed by atoms with Gasteiger partial charge in [-0.1, -0.05) is 45.4 Å². The molecule has 6 fully saturated rings. The molecule has 0 radical (unpaired) electrons. The average molecular weight is 571 g/mol. The summed E-state index contributed by atoms with van der Waals surface area (Å²) in [6.45, 7) is 12.7. The van der Waals surface area contributed by atoms with Gasteiger partial charge in [-0.15, -0.1) is 0 Å². The van der Waals surface area contributed by atoms with Gasteiger partial charge in [0.1, 0.15) is 0 Å². The van der Waals surface area contributed by atoms with Crippen LogP contribution in [0.25, 0.3) is 0 Å². The van der Waals surface area contributed by atoms with Gasteiger partial charge in [-0.2, -0.15) is 8.42 Å². The summed E-state index contributed by atoms with van der Waals surface area (Å²) in [5, 5.41) is 0. The van der Waals surface area contributed by atoms with E-state index >= 15 is 0 Å². The van der Waals surface area contributed by atoms with Crippen molar-refractivity contribution in [1.29, 1.82) is 0 Å². The van der Waals surface area contributed by atoms with Crippen LogP contribution in [0.5, 0.6) is 0 Å². The third-order valence-electron chi connectivity index (χ3n) is 13.5. The first kappa shape index (κ1) is 27.9. The van der Waals surface area contributed by atoms with E-state index in [0.717, 1.165) is 55.6 Å². The van der Waals surface area contributed by atoms with Crippen LogP contribution >= 0.6 is 0 Å². The van der Waals surface area contributed by atoms with Crippen LogP contribution in [0, 0.1) is 59.2 Å². The van der Waals surface area contributed by atoms with E-state index in [9.17, 15) is 8.42 Å². The van der Waals surface area contributed by atoms with E-state index in [-0.39, 0.29) is 22.2 Å². The van der Waals surface area contributed by atoms with E-state index in [4.69, 9.17) is 13.7 Å². The van der Waals surface area contributed by atoms with Crippen molar-refractivity contribution in [3.05, 3.63) is 29.8 Å².